The van der Waals surface area contributed by atoms with Gasteiger partial charge in [-0.1, -0.05) is 60.7 Å². The number of nitroso groups, excluding NO2 is 1. The minimum absolute atomic E-state index is 0.0380. The third-order valence-electron chi connectivity index (χ3n) is 4.24. The monoisotopic (exact) mass is 381 g/mol. The molecule has 138 valence electrons. The first-order valence-corrected chi connectivity index (χ1v) is 9.81. The molecule has 0 saturated carbocycles. The molecule has 6 nitrogen and oxygen atoms in total. The van der Waals surface area contributed by atoms with Crippen LogP contribution in [0.15, 0.2) is 95.0 Å². The molecule has 2 atom stereocenters. The molecule has 0 aliphatic rings. The molecule has 27 heavy (non-hydrogen) atoms. The van der Waals surface area contributed by atoms with E-state index in [2.05, 4.69) is 9.90 Å². The predicted molar refractivity (Wildman–Crippen MR) is 105 cm³/mol. The normalized spacial score (nSPS) is 13.7. The number of nitrogens with two attached hydrogens (primary N) is 1. The minimum atomic E-state index is -3.86. The van der Waals surface area contributed by atoms with E-state index in [4.69, 9.17) is 5.73 Å². The molecule has 0 spiro atoms. The molecule has 3 aromatic rings. The molecule has 0 bridgehead atoms. The summed E-state index contributed by atoms with van der Waals surface area (Å²) in [6, 6.07) is 22.6. The third kappa shape index (κ3) is 4.46. The number of hydrogen-bond acceptors (Lipinski definition) is 5. The standard InChI is InChI=1S/C20H19N3O3S/c21-19(15-7-3-1-4-8-15)20(16-9-5-2-6-10-16)23-27(25,26)18-13-11-17(22-24)12-14-18/h1-14,19-20,23H,21H2/t19-,20-/m1/s1. The maximum atomic E-state index is 12.9. The van der Waals surface area contributed by atoms with Crippen molar-refractivity contribution in [2.45, 2.75) is 17.0 Å². The van der Waals surface area contributed by atoms with Crippen LogP contribution in [0.5, 0.6) is 0 Å². The van der Waals surface area contributed by atoms with Gasteiger partial charge in [-0.2, -0.15) is 0 Å². The quantitative estimate of drug-likeness (QED) is 0.608. The van der Waals surface area contributed by atoms with Crippen molar-refractivity contribution in [3.8, 4) is 0 Å². The number of sulfonamides is 1. The lowest BCUT2D eigenvalue weighted by Gasteiger charge is -2.26. The molecule has 0 saturated heterocycles. The molecule has 0 aliphatic heterocycles. The first-order valence-electron chi connectivity index (χ1n) is 8.32. The highest BCUT2D eigenvalue weighted by Crippen LogP contribution is 2.29. The van der Waals surface area contributed by atoms with Crippen molar-refractivity contribution in [3.63, 3.8) is 0 Å². The van der Waals surface area contributed by atoms with Crippen molar-refractivity contribution in [2.24, 2.45) is 10.9 Å². The molecule has 0 aromatic heterocycles. The average molecular weight is 381 g/mol. The second kappa shape index (κ2) is 8.22. The van der Waals surface area contributed by atoms with Crippen LogP contribution in [0.2, 0.25) is 0 Å². The van der Waals surface area contributed by atoms with E-state index in [1.54, 1.807) is 0 Å². The van der Waals surface area contributed by atoms with E-state index < -0.39 is 22.1 Å². The zero-order chi connectivity index (χ0) is 19.3. The van der Waals surface area contributed by atoms with Gasteiger partial charge in [0, 0.05) is 0 Å². The van der Waals surface area contributed by atoms with E-state index in [1.165, 1.54) is 24.3 Å². The Kier molecular flexibility index (Phi) is 5.75. The highest BCUT2D eigenvalue weighted by Gasteiger charge is 2.27. The Bertz CT molecular complexity index is 992. The summed E-state index contributed by atoms with van der Waals surface area (Å²) in [5, 5.41) is 2.78. The summed E-state index contributed by atoms with van der Waals surface area (Å²) in [5.74, 6) is 0. The molecule has 3 rings (SSSR count). The summed E-state index contributed by atoms with van der Waals surface area (Å²) in [7, 11) is -3.86. The largest absolute Gasteiger partial charge is 0.322 e. The van der Waals surface area contributed by atoms with E-state index in [0.717, 1.165) is 11.1 Å². The zero-order valence-corrected chi connectivity index (χ0v) is 15.2. The molecular formula is C20H19N3O3S. The molecule has 0 heterocycles. The van der Waals surface area contributed by atoms with Crippen LogP contribution in [-0.2, 0) is 10.0 Å². The highest BCUT2D eigenvalue weighted by atomic mass is 32.2. The smallest absolute Gasteiger partial charge is 0.241 e. The van der Waals surface area contributed by atoms with Gasteiger partial charge < -0.3 is 5.73 Å². The molecule has 0 radical (unpaired) electrons. The summed E-state index contributed by atoms with van der Waals surface area (Å²) in [6.45, 7) is 0. The fourth-order valence-electron chi connectivity index (χ4n) is 2.80. The number of benzene rings is 3. The van der Waals surface area contributed by atoms with Crippen LogP contribution in [0, 0.1) is 4.91 Å². The van der Waals surface area contributed by atoms with Crippen molar-refractivity contribution in [3.05, 3.63) is 101 Å². The van der Waals surface area contributed by atoms with Gasteiger partial charge in [0.2, 0.25) is 10.0 Å². The molecule has 7 heteroatoms. The van der Waals surface area contributed by atoms with Gasteiger partial charge in [0.15, 0.2) is 0 Å². The van der Waals surface area contributed by atoms with Crippen molar-refractivity contribution < 1.29 is 8.42 Å². The maximum Gasteiger partial charge on any atom is 0.241 e. The summed E-state index contributed by atoms with van der Waals surface area (Å²) in [4.78, 5) is 10.6. The first-order chi connectivity index (χ1) is 13.0. The van der Waals surface area contributed by atoms with E-state index in [1.807, 2.05) is 60.7 Å². The fraction of sp³-hybridized carbons (Fsp3) is 0.100. The summed E-state index contributed by atoms with van der Waals surface area (Å²) >= 11 is 0. The topological polar surface area (TPSA) is 102 Å². The maximum absolute atomic E-state index is 12.9. The molecule has 3 aromatic carbocycles. The van der Waals surface area contributed by atoms with Gasteiger partial charge in [-0.25, -0.2) is 13.1 Å². The van der Waals surface area contributed by atoms with E-state index >= 15 is 0 Å². The lowest BCUT2D eigenvalue weighted by atomic mass is 9.95. The first kappa shape index (κ1) is 18.9. The Balaban J connectivity index is 1.96. The Morgan fingerprint density at radius 2 is 1.30 bits per heavy atom. The van der Waals surface area contributed by atoms with Crippen LogP contribution < -0.4 is 10.5 Å². The second-order valence-electron chi connectivity index (χ2n) is 6.03. The van der Waals surface area contributed by atoms with Crippen LogP contribution in [0.25, 0.3) is 0 Å². The van der Waals surface area contributed by atoms with Gasteiger partial charge in [-0.3, -0.25) is 0 Å². The zero-order valence-electron chi connectivity index (χ0n) is 14.4. The van der Waals surface area contributed by atoms with Crippen molar-refractivity contribution >= 4 is 15.7 Å². The predicted octanol–water partition coefficient (Wildman–Crippen LogP) is 3.80. The lowest BCUT2D eigenvalue weighted by Crippen LogP contribution is -2.36. The summed E-state index contributed by atoms with van der Waals surface area (Å²) < 4.78 is 28.5. The van der Waals surface area contributed by atoms with Crippen molar-refractivity contribution in [1.29, 1.82) is 0 Å². The highest BCUT2D eigenvalue weighted by molar-refractivity contribution is 7.89. The molecule has 0 amide bonds. The van der Waals surface area contributed by atoms with Crippen LogP contribution in [0.4, 0.5) is 5.69 Å². The summed E-state index contributed by atoms with van der Waals surface area (Å²) in [5.41, 5.74) is 8.15. The molecule has 3 N–H and O–H groups in total. The Morgan fingerprint density at radius 1 is 0.778 bits per heavy atom. The number of rotatable bonds is 7. The van der Waals surface area contributed by atoms with Crippen LogP contribution in [-0.4, -0.2) is 8.42 Å². The fourth-order valence-corrected chi connectivity index (χ4v) is 4.05. The third-order valence-corrected chi connectivity index (χ3v) is 5.69. The van der Waals surface area contributed by atoms with E-state index in [0.29, 0.717) is 0 Å². The Morgan fingerprint density at radius 3 is 1.81 bits per heavy atom. The van der Waals surface area contributed by atoms with Crippen LogP contribution in [0.1, 0.15) is 23.2 Å². The van der Waals surface area contributed by atoms with Gasteiger partial charge >= 0.3 is 0 Å². The van der Waals surface area contributed by atoms with Gasteiger partial charge in [0.25, 0.3) is 0 Å². The SMILES string of the molecule is N[C@H](c1ccccc1)[C@H](NS(=O)(=O)c1ccc(N=O)cc1)c1ccccc1. The number of nitrogens with zero attached hydrogens (tertiary/aromatic N) is 1. The van der Waals surface area contributed by atoms with Crippen LogP contribution in [0.3, 0.4) is 0 Å². The van der Waals surface area contributed by atoms with Gasteiger partial charge in [0.1, 0.15) is 5.69 Å². The van der Waals surface area contributed by atoms with Crippen molar-refractivity contribution in [2.75, 3.05) is 0 Å². The Hall–Kier alpha value is -2.87. The number of hydrogen-bond donors (Lipinski definition) is 2. The average Bonchev–Trinajstić information content (AvgIpc) is 2.73. The molecular weight excluding hydrogens is 362 g/mol. The Labute approximate surface area is 158 Å². The van der Waals surface area contributed by atoms with Crippen LogP contribution >= 0.6 is 0 Å². The summed E-state index contributed by atoms with van der Waals surface area (Å²) in [6.07, 6.45) is 0. The minimum Gasteiger partial charge on any atom is -0.322 e. The van der Waals surface area contributed by atoms with Gasteiger partial charge in [-0.05, 0) is 40.6 Å². The van der Waals surface area contributed by atoms with E-state index in [-0.39, 0.29) is 10.6 Å². The lowest BCUT2D eigenvalue weighted by molar-refractivity contribution is 0.504. The molecule has 0 aliphatic carbocycles. The van der Waals surface area contributed by atoms with Gasteiger partial charge in [0.05, 0.1) is 17.0 Å². The number of nitrogens with one attached hydrogen (secondary N) is 1. The van der Waals surface area contributed by atoms with Crippen molar-refractivity contribution in [1.82, 2.24) is 4.72 Å². The molecule has 0 fully saturated rings. The van der Waals surface area contributed by atoms with E-state index in [9.17, 15) is 13.3 Å². The molecule has 0 unspecified atom stereocenters. The van der Waals surface area contributed by atoms with Gasteiger partial charge in [-0.15, -0.1) is 4.91 Å². The second-order valence-corrected chi connectivity index (χ2v) is 7.75.